The van der Waals surface area contributed by atoms with E-state index in [1.807, 2.05) is 13.8 Å². The lowest BCUT2D eigenvalue weighted by Gasteiger charge is -2.23. The molecule has 0 aliphatic heterocycles. The average molecular weight is 260 g/mol. The van der Waals surface area contributed by atoms with Crippen molar-refractivity contribution in [2.45, 2.75) is 40.2 Å². The van der Waals surface area contributed by atoms with Crippen LogP contribution in [0.2, 0.25) is 0 Å². The van der Waals surface area contributed by atoms with E-state index in [9.17, 15) is 0 Å². The van der Waals surface area contributed by atoms with E-state index in [1.165, 1.54) is 6.42 Å². The van der Waals surface area contributed by atoms with Crippen molar-refractivity contribution < 1.29 is 9.47 Å². The third-order valence-corrected chi connectivity index (χ3v) is 3.05. The summed E-state index contributed by atoms with van der Waals surface area (Å²) in [5.41, 5.74) is 0. The van der Waals surface area contributed by atoms with Crippen molar-refractivity contribution in [1.29, 1.82) is 0 Å². The van der Waals surface area contributed by atoms with Crippen LogP contribution in [0.15, 0.2) is 0 Å². The van der Waals surface area contributed by atoms with Gasteiger partial charge in [-0.15, -0.1) is 0 Å². The smallest absolute Gasteiger partial charge is 0.0593 e. The molecule has 0 saturated carbocycles. The highest BCUT2D eigenvalue weighted by atomic mass is 16.5. The minimum atomic E-state index is 0.602. The van der Waals surface area contributed by atoms with Crippen LogP contribution in [0.5, 0.6) is 0 Å². The van der Waals surface area contributed by atoms with E-state index in [0.29, 0.717) is 6.04 Å². The Kier molecular flexibility index (Phi) is 13.2. The van der Waals surface area contributed by atoms with Crippen LogP contribution in [0, 0.1) is 0 Å². The standard InChI is InChI=1S/C14H32N2O2/c1-5-14(4)15-8-9-16(10-12-17-6-2)11-13-18-7-3/h14-15H,5-13H2,1-4H3. The average Bonchev–Trinajstić information content (AvgIpc) is 2.38. The Hall–Kier alpha value is -0.160. The summed E-state index contributed by atoms with van der Waals surface area (Å²) in [6.45, 7) is 15.8. The second-order valence-electron chi connectivity index (χ2n) is 4.50. The van der Waals surface area contributed by atoms with Crippen LogP contribution in [0.25, 0.3) is 0 Å². The molecule has 4 nitrogen and oxygen atoms in total. The quantitative estimate of drug-likeness (QED) is 0.512. The van der Waals surface area contributed by atoms with E-state index in [-0.39, 0.29) is 0 Å². The van der Waals surface area contributed by atoms with Crippen LogP contribution in [-0.4, -0.2) is 63.5 Å². The predicted octanol–water partition coefficient (Wildman–Crippen LogP) is 1.75. The molecule has 4 heteroatoms. The number of ether oxygens (including phenoxy) is 2. The first-order chi connectivity index (χ1) is 8.74. The first-order valence-electron chi connectivity index (χ1n) is 7.35. The molecule has 0 spiro atoms. The van der Waals surface area contributed by atoms with Gasteiger partial charge in [0.2, 0.25) is 0 Å². The SMILES string of the molecule is CCOCCN(CCNC(C)CC)CCOCC. The van der Waals surface area contributed by atoms with Gasteiger partial charge in [-0.2, -0.15) is 0 Å². The summed E-state index contributed by atoms with van der Waals surface area (Å²) in [6, 6.07) is 0.602. The van der Waals surface area contributed by atoms with Crippen molar-refractivity contribution in [3.05, 3.63) is 0 Å². The van der Waals surface area contributed by atoms with Crippen molar-refractivity contribution in [3.63, 3.8) is 0 Å². The fourth-order valence-corrected chi connectivity index (χ4v) is 1.62. The highest BCUT2D eigenvalue weighted by Crippen LogP contribution is 1.92. The number of hydrogen-bond acceptors (Lipinski definition) is 4. The van der Waals surface area contributed by atoms with E-state index in [0.717, 1.165) is 52.6 Å². The minimum Gasteiger partial charge on any atom is -0.380 e. The Morgan fingerprint density at radius 3 is 1.94 bits per heavy atom. The number of nitrogens with one attached hydrogen (secondary N) is 1. The first kappa shape index (κ1) is 17.8. The zero-order chi connectivity index (χ0) is 13.6. The molecule has 1 N–H and O–H groups in total. The van der Waals surface area contributed by atoms with Crippen molar-refractivity contribution >= 4 is 0 Å². The molecule has 0 aromatic heterocycles. The number of rotatable bonds is 13. The highest BCUT2D eigenvalue weighted by molar-refractivity contribution is 4.63. The monoisotopic (exact) mass is 260 g/mol. The number of nitrogens with zero attached hydrogens (tertiary/aromatic N) is 1. The van der Waals surface area contributed by atoms with Gasteiger partial charge in [0.1, 0.15) is 0 Å². The predicted molar refractivity (Wildman–Crippen MR) is 77.2 cm³/mol. The van der Waals surface area contributed by atoms with Crippen molar-refractivity contribution in [2.75, 3.05) is 52.6 Å². The molecule has 18 heavy (non-hydrogen) atoms. The van der Waals surface area contributed by atoms with Gasteiger partial charge < -0.3 is 14.8 Å². The number of hydrogen-bond donors (Lipinski definition) is 1. The second kappa shape index (κ2) is 13.3. The molecule has 0 fully saturated rings. The molecule has 0 saturated heterocycles. The third kappa shape index (κ3) is 11.0. The summed E-state index contributed by atoms with van der Waals surface area (Å²) in [4.78, 5) is 2.40. The Morgan fingerprint density at radius 2 is 1.50 bits per heavy atom. The Labute approximate surface area is 113 Å². The molecule has 1 unspecified atom stereocenters. The molecule has 0 bridgehead atoms. The van der Waals surface area contributed by atoms with Gasteiger partial charge in [0.25, 0.3) is 0 Å². The summed E-state index contributed by atoms with van der Waals surface area (Å²) >= 11 is 0. The van der Waals surface area contributed by atoms with Crippen molar-refractivity contribution in [1.82, 2.24) is 10.2 Å². The normalized spacial score (nSPS) is 13.2. The van der Waals surface area contributed by atoms with E-state index >= 15 is 0 Å². The maximum absolute atomic E-state index is 5.42. The van der Waals surface area contributed by atoms with Gasteiger partial charge in [-0.3, -0.25) is 4.90 Å². The van der Waals surface area contributed by atoms with Gasteiger partial charge >= 0.3 is 0 Å². The van der Waals surface area contributed by atoms with E-state index in [4.69, 9.17) is 9.47 Å². The van der Waals surface area contributed by atoms with Gasteiger partial charge in [-0.25, -0.2) is 0 Å². The second-order valence-corrected chi connectivity index (χ2v) is 4.50. The summed E-state index contributed by atoms with van der Waals surface area (Å²) < 4.78 is 10.8. The lowest BCUT2D eigenvalue weighted by molar-refractivity contribution is 0.0829. The van der Waals surface area contributed by atoms with Gasteiger partial charge in [-0.1, -0.05) is 6.92 Å². The van der Waals surface area contributed by atoms with Crippen molar-refractivity contribution in [2.24, 2.45) is 0 Å². The van der Waals surface area contributed by atoms with Gasteiger partial charge in [0, 0.05) is 45.4 Å². The molecule has 110 valence electrons. The zero-order valence-electron chi connectivity index (χ0n) is 12.7. The van der Waals surface area contributed by atoms with Crippen molar-refractivity contribution in [3.8, 4) is 0 Å². The van der Waals surface area contributed by atoms with E-state index < -0.39 is 0 Å². The minimum absolute atomic E-state index is 0.602. The molecule has 0 radical (unpaired) electrons. The van der Waals surface area contributed by atoms with E-state index in [2.05, 4.69) is 24.1 Å². The lowest BCUT2D eigenvalue weighted by Crippen LogP contribution is -2.39. The van der Waals surface area contributed by atoms with Crippen LogP contribution < -0.4 is 5.32 Å². The summed E-state index contributed by atoms with van der Waals surface area (Å²) in [7, 11) is 0. The Morgan fingerprint density at radius 1 is 0.944 bits per heavy atom. The van der Waals surface area contributed by atoms with Crippen LogP contribution in [0.4, 0.5) is 0 Å². The van der Waals surface area contributed by atoms with Crippen LogP contribution >= 0.6 is 0 Å². The maximum atomic E-state index is 5.42. The zero-order valence-corrected chi connectivity index (χ0v) is 12.7. The molecular formula is C14H32N2O2. The topological polar surface area (TPSA) is 33.7 Å². The van der Waals surface area contributed by atoms with Crippen LogP contribution in [0.1, 0.15) is 34.1 Å². The third-order valence-electron chi connectivity index (χ3n) is 3.05. The summed E-state index contributed by atoms with van der Waals surface area (Å²) in [5, 5.41) is 3.52. The molecule has 0 aromatic carbocycles. The van der Waals surface area contributed by atoms with Gasteiger partial charge in [0.05, 0.1) is 13.2 Å². The fourth-order valence-electron chi connectivity index (χ4n) is 1.62. The molecule has 0 amide bonds. The molecule has 0 heterocycles. The largest absolute Gasteiger partial charge is 0.380 e. The maximum Gasteiger partial charge on any atom is 0.0593 e. The van der Waals surface area contributed by atoms with E-state index in [1.54, 1.807) is 0 Å². The molecule has 1 atom stereocenters. The Balaban J connectivity index is 3.73. The van der Waals surface area contributed by atoms with Crippen LogP contribution in [-0.2, 0) is 9.47 Å². The van der Waals surface area contributed by atoms with Crippen LogP contribution in [0.3, 0.4) is 0 Å². The fraction of sp³-hybridized carbons (Fsp3) is 1.00. The first-order valence-corrected chi connectivity index (χ1v) is 7.35. The summed E-state index contributed by atoms with van der Waals surface area (Å²) in [6.07, 6.45) is 1.18. The molecule has 0 aliphatic rings. The molecular weight excluding hydrogens is 228 g/mol. The summed E-state index contributed by atoms with van der Waals surface area (Å²) in [5.74, 6) is 0. The molecule has 0 aliphatic carbocycles. The molecule has 0 aromatic rings. The highest BCUT2D eigenvalue weighted by Gasteiger charge is 2.05. The Bertz CT molecular complexity index is 158. The molecule has 0 rings (SSSR count). The van der Waals surface area contributed by atoms with Gasteiger partial charge in [-0.05, 0) is 27.2 Å². The van der Waals surface area contributed by atoms with Gasteiger partial charge in [0.15, 0.2) is 0 Å². The lowest BCUT2D eigenvalue weighted by atomic mass is 10.2.